The second kappa shape index (κ2) is 10.2. The molecule has 278 valence electrons. The maximum absolute atomic E-state index is 11.2. The van der Waals surface area contributed by atoms with Gasteiger partial charge in [-0.05, 0) is 85.0 Å². The fraction of sp³-hybridized carbons (Fsp3) is 0.0526. The summed E-state index contributed by atoms with van der Waals surface area (Å²) in [5, 5.41) is 18.1. The second-order valence-electron chi connectivity index (χ2n) is 17.5. The average Bonchev–Trinajstić information content (AvgIpc) is 4.10. The van der Waals surface area contributed by atoms with Gasteiger partial charge in [-0.15, -0.1) is 0 Å². The Labute approximate surface area is 348 Å². The highest BCUT2D eigenvalue weighted by molar-refractivity contribution is 6.37. The summed E-state index contributed by atoms with van der Waals surface area (Å²) in [7, 11) is 0. The summed E-state index contributed by atoms with van der Waals surface area (Å²) in [6, 6.07) is 60.3. The van der Waals surface area contributed by atoms with Crippen molar-refractivity contribution in [3.8, 4) is 28.3 Å². The van der Waals surface area contributed by atoms with Gasteiger partial charge in [-0.25, -0.2) is 0 Å². The quantitative estimate of drug-likeness (QED) is 0.154. The molecular weight excluding hydrogens is 743 g/mol. The maximum atomic E-state index is 11.2. The van der Waals surface area contributed by atoms with Gasteiger partial charge in [0.1, 0.15) is 11.2 Å². The van der Waals surface area contributed by atoms with Crippen LogP contribution < -0.4 is 0 Å². The van der Waals surface area contributed by atoms with Crippen molar-refractivity contribution in [1.29, 1.82) is 5.26 Å². The van der Waals surface area contributed by atoms with Crippen LogP contribution in [0.1, 0.15) is 73.2 Å². The lowest BCUT2D eigenvalue weighted by atomic mass is 9.59. The van der Waals surface area contributed by atoms with Gasteiger partial charge in [0.15, 0.2) is 0 Å². The van der Waals surface area contributed by atoms with E-state index in [4.69, 9.17) is 9.40 Å². The van der Waals surface area contributed by atoms with Crippen molar-refractivity contribution in [3.05, 3.63) is 225 Å². The zero-order valence-electron chi connectivity index (χ0n) is 32.5. The van der Waals surface area contributed by atoms with Crippen LogP contribution in [0.5, 0.6) is 0 Å². The van der Waals surface area contributed by atoms with Gasteiger partial charge in [0.25, 0.3) is 0 Å². The molecule has 2 bridgehead atoms. The molecule has 0 aliphatic heterocycles. The number of aromatic nitrogens is 2. The first kappa shape index (κ1) is 31.0. The standard InChI is InChI=1S/C57H29N3O/c58-27-29-25-42-49(53-46(29)47-32-15-1-3-17-34(32)48(53)35-18-4-2-16-33(35)47)38-26-45-50(37-20-8-12-24-44(37)61-45)54-52-43(60(42)55(38)54)28-59-56-51(52)36-19-7-11-23-41(36)57(56)39-21-9-5-13-30(39)31-14-6-10-22-40(31)57/h1-26,28,47-48H. The van der Waals surface area contributed by atoms with Gasteiger partial charge in [0, 0.05) is 49.7 Å². The van der Waals surface area contributed by atoms with Crippen LogP contribution in [0.2, 0.25) is 0 Å². The van der Waals surface area contributed by atoms with Gasteiger partial charge in [0.05, 0.1) is 45.5 Å². The molecule has 5 aliphatic rings. The molecule has 5 aliphatic carbocycles. The van der Waals surface area contributed by atoms with Crippen molar-refractivity contribution in [3.63, 3.8) is 0 Å². The van der Waals surface area contributed by atoms with Gasteiger partial charge < -0.3 is 8.82 Å². The van der Waals surface area contributed by atoms with E-state index >= 15 is 0 Å². The monoisotopic (exact) mass is 771 g/mol. The normalized spacial score (nSPS) is 17.0. The Morgan fingerprint density at radius 2 is 1.10 bits per heavy atom. The molecule has 0 atom stereocenters. The highest BCUT2D eigenvalue weighted by Crippen LogP contribution is 2.65. The number of nitriles is 1. The Bertz CT molecular complexity index is 4010. The molecule has 17 rings (SSSR count). The minimum Gasteiger partial charge on any atom is -0.456 e. The molecule has 12 aromatic rings. The summed E-state index contributed by atoms with van der Waals surface area (Å²) in [4.78, 5) is 5.68. The number of hydrogen-bond donors (Lipinski definition) is 0. The van der Waals surface area contributed by atoms with E-state index < -0.39 is 5.41 Å². The lowest BCUT2D eigenvalue weighted by molar-refractivity contribution is 0.669. The lowest BCUT2D eigenvalue weighted by Crippen LogP contribution is -2.28. The van der Waals surface area contributed by atoms with E-state index in [1.807, 2.05) is 0 Å². The van der Waals surface area contributed by atoms with E-state index in [2.05, 4.69) is 174 Å². The number of para-hydroxylation sites is 1. The summed E-state index contributed by atoms with van der Waals surface area (Å²) in [5.74, 6) is -0.0346. The molecule has 4 heteroatoms. The maximum Gasteiger partial charge on any atom is 0.136 e. The van der Waals surface area contributed by atoms with E-state index in [1.54, 1.807) is 0 Å². The molecular formula is C57H29N3O. The number of fused-ring (bicyclic) bond motifs is 21. The number of furan rings is 1. The topological polar surface area (TPSA) is 54.2 Å². The minimum atomic E-state index is -0.577. The van der Waals surface area contributed by atoms with E-state index in [-0.39, 0.29) is 11.8 Å². The Balaban J connectivity index is 1.14. The van der Waals surface area contributed by atoms with Crippen LogP contribution in [0.3, 0.4) is 0 Å². The number of rotatable bonds is 0. The van der Waals surface area contributed by atoms with Crippen molar-refractivity contribution >= 4 is 60.0 Å². The van der Waals surface area contributed by atoms with Gasteiger partial charge >= 0.3 is 0 Å². The zero-order chi connectivity index (χ0) is 39.5. The molecule has 4 nitrogen and oxygen atoms in total. The van der Waals surface area contributed by atoms with Crippen molar-refractivity contribution in [2.75, 3.05) is 0 Å². The van der Waals surface area contributed by atoms with Crippen LogP contribution in [0.4, 0.5) is 0 Å². The van der Waals surface area contributed by atoms with Gasteiger partial charge in [-0.1, -0.05) is 140 Å². The fourth-order valence-electron chi connectivity index (χ4n) is 13.2. The highest BCUT2D eigenvalue weighted by atomic mass is 16.3. The van der Waals surface area contributed by atoms with Crippen molar-refractivity contribution in [1.82, 2.24) is 9.38 Å². The van der Waals surface area contributed by atoms with Gasteiger partial charge in [0.2, 0.25) is 0 Å². The lowest BCUT2D eigenvalue weighted by Gasteiger charge is -2.43. The molecule has 61 heavy (non-hydrogen) atoms. The molecule has 0 amide bonds. The third kappa shape index (κ3) is 3.22. The number of benzene rings is 8. The predicted octanol–water partition coefficient (Wildman–Crippen LogP) is 13.3. The van der Waals surface area contributed by atoms with Crippen LogP contribution in [0, 0.1) is 11.3 Å². The first-order valence-electron chi connectivity index (χ1n) is 21.2. The smallest absolute Gasteiger partial charge is 0.136 e. The van der Waals surface area contributed by atoms with E-state index in [0.717, 1.165) is 60.7 Å². The van der Waals surface area contributed by atoms with Crippen LogP contribution in [0.15, 0.2) is 168 Å². The van der Waals surface area contributed by atoms with Crippen molar-refractivity contribution in [2.45, 2.75) is 17.3 Å². The minimum absolute atomic E-state index is 0.0108. The van der Waals surface area contributed by atoms with Crippen LogP contribution in [-0.2, 0) is 5.41 Å². The van der Waals surface area contributed by atoms with Crippen molar-refractivity contribution < 1.29 is 4.42 Å². The number of hydrogen-bond acceptors (Lipinski definition) is 3. The van der Waals surface area contributed by atoms with E-state index in [9.17, 15) is 5.26 Å². The Morgan fingerprint density at radius 1 is 0.525 bits per heavy atom. The molecule has 0 radical (unpaired) electrons. The summed E-state index contributed by atoms with van der Waals surface area (Å²) in [5.41, 5.74) is 22.6. The summed E-state index contributed by atoms with van der Waals surface area (Å²) < 4.78 is 9.37. The Morgan fingerprint density at radius 3 is 1.77 bits per heavy atom. The average molecular weight is 772 g/mol. The molecule has 4 aromatic heterocycles. The predicted molar refractivity (Wildman–Crippen MR) is 242 cm³/mol. The first-order valence-corrected chi connectivity index (χ1v) is 21.2. The summed E-state index contributed by atoms with van der Waals surface area (Å²) in [6.45, 7) is 0. The molecule has 8 aromatic carbocycles. The molecule has 4 heterocycles. The SMILES string of the molecule is N#Cc1cc2c(c3c1C1c4ccccc4C3c3ccccc31)c1cc3oc4ccccc4c3c3c4c5c(ncc4n2c13)C1(c2ccccc2-c2ccccc21)c1ccccc1-5. The molecule has 0 N–H and O–H groups in total. The summed E-state index contributed by atoms with van der Waals surface area (Å²) in [6.07, 6.45) is 2.14. The van der Waals surface area contributed by atoms with Crippen molar-refractivity contribution in [2.24, 2.45) is 0 Å². The first-order chi connectivity index (χ1) is 30.3. The molecule has 0 unspecified atom stereocenters. The largest absolute Gasteiger partial charge is 0.456 e. The van der Waals surface area contributed by atoms with E-state index in [1.165, 1.54) is 82.9 Å². The Hall–Kier alpha value is -8.00. The number of pyridine rings is 1. The third-order valence-electron chi connectivity index (χ3n) is 15.2. The van der Waals surface area contributed by atoms with Crippen LogP contribution in [0.25, 0.3) is 82.3 Å². The third-order valence-corrected chi connectivity index (χ3v) is 15.2. The van der Waals surface area contributed by atoms with E-state index in [0.29, 0.717) is 0 Å². The number of nitrogens with zero attached hydrogens (tertiary/aromatic N) is 3. The van der Waals surface area contributed by atoms with Gasteiger partial charge in [-0.2, -0.15) is 5.26 Å². The molecule has 0 fully saturated rings. The van der Waals surface area contributed by atoms with Crippen LogP contribution in [-0.4, -0.2) is 9.38 Å². The zero-order valence-corrected chi connectivity index (χ0v) is 32.5. The molecule has 0 saturated heterocycles. The highest BCUT2D eigenvalue weighted by Gasteiger charge is 2.54. The molecule has 1 spiro atoms. The summed E-state index contributed by atoms with van der Waals surface area (Å²) >= 11 is 0. The molecule has 0 saturated carbocycles. The van der Waals surface area contributed by atoms with Crippen LogP contribution >= 0.6 is 0 Å². The second-order valence-corrected chi connectivity index (χ2v) is 17.5. The fourth-order valence-corrected chi connectivity index (χ4v) is 13.2. The van der Waals surface area contributed by atoms with Gasteiger partial charge in [-0.3, -0.25) is 4.98 Å². The Kier molecular flexibility index (Phi) is 5.20.